The average Bonchev–Trinajstić information content (AvgIpc) is 0.744. The Balaban J connectivity index is 0.892. The van der Waals surface area contributed by atoms with Crippen LogP contribution < -0.4 is 9.08 Å². The van der Waals surface area contributed by atoms with Crippen LogP contribution in [0.4, 0.5) is 10.1 Å². The Hall–Kier alpha value is -9.09. The first-order chi connectivity index (χ1) is 51.5. The van der Waals surface area contributed by atoms with Crippen molar-refractivity contribution in [2.45, 2.75) is 133 Å². The van der Waals surface area contributed by atoms with Crippen LogP contribution in [-0.2, 0) is 109 Å². The molecule has 546 valence electrons. The minimum absolute atomic E-state index is 0.00931. The fourth-order valence-corrected chi connectivity index (χ4v) is 14.5. The van der Waals surface area contributed by atoms with Crippen molar-refractivity contribution in [1.82, 2.24) is 0 Å². The molecule has 105 heavy (non-hydrogen) atoms. The van der Waals surface area contributed by atoms with E-state index in [9.17, 15) is 14.3 Å². The molecule has 3 unspecified atom stereocenters. The number of aliphatic hydroxyl groups is 1. The number of carbonyl (C=O) groups is 1. The van der Waals surface area contributed by atoms with Crippen LogP contribution in [-0.4, -0.2) is 101 Å². The summed E-state index contributed by atoms with van der Waals surface area (Å²) >= 11 is 0. The standard InChI is InChI=1S/C87H90FNO15S/c1-94-87(85(101-60-69-38-22-8-23-39-69)81(98-57-66-32-16-5-17-33-66)77(97-56-65-30-14-4-15-31-65)52-53-95-54-63-26-10-2-11-27-63)103-83-78(61-96-55-64-28-12-3-13-29-64)102-79(82(99-58-67-34-18-6-19-35-67)84(83)100-59-68-36-20-7-21-37-68)62-105(92,93)104-74-48-44-71(45-49-74)80-75(86(91)89(80)73-40-24-9-25-41-73)50-51-76(90)70-42-46-72(88)47-43-70/h2-49,75-85,87,90H,50-62H2,1H3/t75-,76+,77-,78?,79+,80-,81?,82-,83-,84?,85+,87+/m1/s1. The molecule has 0 bridgehead atoms. The molecule has 2 heterocycles. The molecular weight excluding hydrogens is 1350 g/mol. The molecule has 18 heteroatoms. The number of para-hydroxylation sites is 1. The van der Waals surface area contributed by atoms with Crippen molar-refractivity contribution in [2.24, 2.45) is 5.92 Å². The second-order valence-corrected chi connectivity index (χ2v) is 27.9. The number of hydrogen-bond acceptors (Lipinski definition) is 15. The summed E-state index contributed by atoms with van der Waals surface area (Å²) in [5, 5.41) is 11.2. The zero-order valence-electron chi connectivity index (χ0n) is 58.7. The van der Waals surface area contributed by atoms with Gasteiger partial charge in [-0.3, -0.25) is 4.79 Å². The lowest BCUT2D eigenvalue weighted by molar-refractivity contribution is -0.320. The van der Waals surface area contributed by atoms with E-state index in [1.165, 1.54) is 24.3 Å². The summed E-state index contributed by atoms with van der Waals surface area (Å²) in [7, 11) is -3.07. The Morgan fingerprint density at radius 2 is 0.924 bits per heavy atom. The third-order valence-corrected chi connectivity index (χ3v) is 20.0. The maximum Gasteiger partial charge on any atom is 0.311 e. The smallest absolute Gasteiger partial charge is 0.311 e. The molecule has 10 aromatic rings. The van der Waals surface area contributed by atoms with Crippen LogP contribution in [0.2, 0.25) is 0 Å². The van der Waals surface area contributed by atoms with Crippen molar-refractivity contribution in [2.75, 3.05) is 31.0 Å². The van der Waals surface area contributed by atoms with Gasteiger partial charge in [0.2, 0.25) is 5.91 Å². The van der Waals surface area contributed by atoms with E-state index in [2.05, 4.69) is 0 Å². The van der Waals surface area contributed by atoms with Gasteiger partial charge in [-0.15, -0.1) is 0 Å². The molecule has 1 N–H and O–H groups in total. The van der Waals surface area contributed by atoms with Crippen molar-refractivity contribution < 1.29 is 74.3 Å². The number of β-lactam (4-membered cyclic amide) rings is 1. The van der Waals surface area contributed by atoms with E-state index in [-0.39, 0.29) is 70.9 Å². The zero-order valence-corrected chi connectivity index (χ0v) is 59.5. The molecule has 2 saturated heterocycles. The molecule has 0 radical (unpaired) electrons. The van der Waals surface area contributed by atoms with Gasteiger partial charge in [-0.2, -0.15) is 8.42 Å². The minimum atomic E-state index is -4.61. The number of nitrogens with zero attached hydrogens (tertiary/aromatic N) is 1. The van der Waals surface area contributed by atoms with Crippen LogP contribution >= 0.6 is 0 Å². The number of benzene rings is 10. The number of hydrogen-bond donors (Lipinski definition) is 1. The van der Waals surface area contributed by atoms with Gasteiger partial charge in [0.1, 0.15) is 60.0 Å². The second kappa shape index (κ2) is 38.8. The SMILES string of the molecule is CO[C@@H](O[C@@H]1C(COCc2ccccc2)O[C@@H](CS(=O)(=O)Oc2ccc([C@@H]3[C@@H](CC[C@H](O)c4ccc(F)cc4)C(=O)N3c3ccccc3)cc2)[C@@H](OCc2ccccc2)C1OCc1ccccc1)[C@@H](OCc1ccccc1)C(OCc1ccccc1)[C@@H](CCOCc1ccccc1)OCc1ccccc1. The highest BCUT2D eigenvalue weighted by atomic mass is 32.2. The van der Waals surface area contributed by atoms with Gasteiger partial charge in [0.05, 0.1) is 77.0 Å². The van der Waals surface area contributed by atoms with Gasteiger partial charge in [-0.25, -0.2) is 4.39 Å². The minimum Gasteiger partial charge on any atom is -0.388 e. The lowest BCUT2D eigenvalue weighted by atomic mass is 9.78. The number of aliphatic hydroxyl groups excluding tert-OH is 1. The zero-order chi connectivity index (χ0) is 72.4. The summed E-state index contributed by atoms with van der Waals surface area (Å²) in [6.45, 7) is 1.18. The summed E-state index contributed by atoms with van der Waals surface area (Å²) in [4.78, 5) is 15.8. The summed E-state index contributed by atoms with van der Waals surface area (Å²) in [5.41, 5.74) is 8.17. The number of amides is 1. The number of methoxy groups -OCH3 is 1. The summed E-state index contributed by atoms with van der Waals surface area (Å²) < 4.78 is 121. The van der Waals surface area contributed by atoms with Crippen LogP contribution in [0.25, 0.3) is 0 Å². The molecule has 2 fully saturated rings. The van der Waals surface area contributed by atoms with Crippen molar-refractivity contribution in [3.8, 4) is 5.75 Å². The second-order valence-electron chi connectivity index (χ2n) is 26.2. The first-order valence-electron chi connectivity index (χ1n) is 35.7. The lowest BCUT2D eigenvalue weighted by Gasteiger charge is -2.48. The summed E-state index contributed by atoms with van der Waals surface area (Å²) in [6.07, 6.45) is -9.96. The predicted octanol–water partition coefficient (Wildman–Crippen LogP) is 15.6. The third-order valence-electron chi connectivity index (χ3n) is 18.8. The number of anilines is 1. The highest BCUT2D eigenvalue weighted by Crippen LogP contribution is 2.47. The van der Waals surface area contributed by atoms with Crippen LogP contribution in [0, 0.1) is 11.7 Å². The van der Waals surface area contributed by atoms with Gasteiger partial charge >= 0.3 is 10.1 Å². The Morgan fingerprint density at radius 3 is 1.43 bits per heavy atom. The van der Waals surface area contributed by atoms with Gasteiger partial charge in [0, 0.05) is 19.4 Å². The molecule has 0 aliphatic carbocycles. The monoisotopic (exact) mass is 1440 g/mol. The van der Waals surface area contributed by atoms with Crippen LogP contribution in [0.5, 0.6) is 5.75 Å². The molecule has 1 amide bonds. The van der Waals surface area contributed by atoms with Crippen molar-refractivity contribution in [3.05, 3.63) is 347 Å². The predicted molar refractivity (Wildman–Crippen MR) is 398 cm³/mol. The Bertz CT molecular complexity index is 4260. The van der Waals surface area contributed by atoms with Crippen LogP contribution in [0.1, 0.15) is 81.5 Å². The molecule has 12 atom stereocenters. The van der Waals surface area contributed by atoms with E-state index in [4.69, 9.17) is 51.6 Å². The van der Waals surface area contributed by atoms with Gasteiger partial charge in [-0.05, 0) is 106 Å². The highest BCUT2D eigenvalue weighted by molar-refractivity contribution is 7.87. The molecule has 2 aliphatic heterocycles. The molecular formula is C87H90FNO15S. The molecule has 10 aromatic carbocycles. The van der Waals surface area contributed by atoms with Gasteiger partial charge in [0.25, 0.3) is 0 Å². The van der Waals surface area contributed by atoms with E-state index < -0.39 is 94.9 Å². The number of rotatable bonds is 40. The summed E-state index contributed by atoms with van der Waals surface area (Å²) in [5.74, 6) is -1.79. The number of halogens is 1. The molecule has 16 nitrogen and oxygen atoms in total. The van der Waals surface area contributed by atoms with Crippen LogP contribution in [0.15, 0.2) is 291 Å². The van der Waals surface area contributed by atoms with Gasteiger partial charge in [0.15, 0.2) is 6.29 Å². The Kier molecular flexibility index (Phi) is 27.9. The topological polar surface area (TPSA) is 176 Å². The van der Waals surface area contributed by atoms with Crippen molar-refractivity contribution in [1.29, 1.82) is 0 Å². The number of carbonyl (C=O) groups excluding carboxylic acids is 1. The molecule has 2 aliphatic rings. The Morgan fingerprint density at radius 1 is 0.476 bits per heavy atom. The molecule has 0 aromatic heterocycles. The average molecular weight is 1440 g/mol. The molecule has 12 rings (SSSR count). The van der Waals surface area contributed by atoms with Crippen LogP contribution in [0.3, 0.4) is 0 Å². The van der Waals surface area contributed by atoms with Gasteiger partial charge in [-0.1, -0.05) is 255 Å². The largest absolute Gasteiger partial charge is 0.388 e. The van der Waals surface area contributed by atoms with E-state index in [1.807, 2.05) is 243 Å². The Labute approximate surface area is 615 Å². The first kappa shape index (κ1) is 75.6. The fraction of sp³-hybridized carbons (Fsp3) is 0.299. The van der Waals surface area contributed by atoms with E-state index in [1.54, 1.807) is 36.3 Å². The van der Waals surface area contributed by atoms with Gasteiger partial charge < -0.3 is 61.6 Å². The van der Waals surface area contributed by atoms with E-state index in [0.717, 1.165) is 44.5 Å². The van der Waals surface area contributed by atoms with Crippen molar-refractivity contribution >= 4 is 21.7 Å². The maximum absolute atomic E-state index is 15.1. The highest BCUT2D eigenvalue weighted by Gasteiger charge is 2.53. The lowest BCUT2D eigenvalue weighted by Crippen LogP contribution is -2.64. The quantitative estimate of drug-likeness (QED) is 0.0166. The first-order valence-corrected chi connectivity index (χ1v) is 37.3. The van der Waals surface area contributed by atoms with Crippen molar-refractivity contribution in [3.63, 3.8) is 0 Å². The fourth-order valence-electron chi connectivity index (χ4n) is 13.4. The summed E-state index contributed by atoms with van der Waals surface area (Å²) in [6, 6.07) is 89.5. The maximum atomic E-state index is 15.1. The van der Waals surface area contributed by atoms with E-state index in [0.29, 0.717) is 30.7 Å². The normalized spacial score (nSPS) is 19.6. The molecule has 0 spiro atoms. The third kappa shape index (κ3) is 21.8. The van der Waals surface area contributed by atoms with E-state index >= 15 is 8.42 Å². The molecule has 0 saturated carbocycles. The number of ether oxygens (including phenoxy) is 10.